The van der Waals surface area contributed by atoms with Crippen molar-refractivity contribution in [1.82, 2.24) is 24.8 Å². The molecule has 0 bridgehead atoms. The molecule has 0 aliphatic carbocycles. The lowest BCUT2D eigenvalue weighted by atomic mass is 10.1. The number of pyridine rings is 2. The van der Waals surface area contributed by atoms with Gasteiger partial charge in [-0.15, -0.1) is 0 Å². The third-order valence-corrected chi connectivity index (χ3v) is 5.87. The number of hydrogen-bond donors (Lipinski definition) is 3. The van der Waals surface area contributed by atoms with E-state index < -0.39 is 0 Å². The van der Waals surface area contributed by atoms with E-state index in [-0.39, 0.29) is 0 Å². The van der Waals surface area contributed by atoms with E-state index in [4.69, 9.17) is 21.4 Å². The minimum absolute atomic E-state index is 0.436. The lowest BCUT2D eigenvalue weighted by Crippen LogP contribution is -2.15. The molecule has 0 aliphatic rings. The van der Waals surface area contributed by atoms with Gasteiger partial charge in [-0.25, -0.2) is 15.0 Å². The van der Waals surface area contributed by atoms with E-state index in [1.54, 1.807) is 6.20 Å². The van der Waals surface area contributed by atoms with Crippen molar-refractivity contribution < 1.29 is 0 Å². The van der Waals surface area contributed by atoms with Crippen LogP contribution < -0.4 is 16.8 Å². The van der Waals surface area contributed by atoms with Crippen LogP contribution in [0.1, 0.15) is 51.8 Å². The monoisotopic (exact) mass is 497 g/mol. The maximum Gasteiger partial charge on any atom is 0.165 e. The van der Waals surface area contributed by atoms with Crippen LogP contribution in [-0.4, -0.2) is 32.6 Å². The number of aromatic nitrogens is 4. The second-order valence-electron chi connectivity index (χ2n) is 8.33. The van der Waals surface area contributed by atoms with Crippen molar-refractivity contribution >= 4 is 22.6 Å². The van der Waals surface area contributed by atoms with Crippen LogP contribution in [0.4, 0.5) is 5.82 Å². The van der Waals surface area contributed by atoms with Gasteiger partial charge in [0.15, 0.2) is 11.5 Å². The van der Waals surface area contributed by atoms with Crippen molar-refractivity contribution in [1.29, 1.82) is 0 Å². The van der Waals surface area contributed by atoms with Gasteiger partial charge in [-0.3, -0.25) is 4.57 Å². The Kier molecular flexibility index (Phi) is 10.6. The number of fused-ring (bicyclic) bond motifs is 1. The van der Waals surface area contributed by atoms with Crippen molar-refractivity contribution in [2.75, 3.05) is 18.8 Å². The third-order valence-electron chi connectivity index (χ3n) is 5.87. The van der Waals surface area contributed by atoms with E-state index in [1.165, 1.54) is 5.56 Å². The average molecular weight is 498 g/mol. The number of allylic oxidation sites excluding steroid dienone is 4. The van der Waals surface area contributed by atoms with E-state index in [0.717, 1.165) is 72.0 Å². The van der Waals surface area contributed by atoms with Crippen molar-refractivity contribution in [3.8, 4) is 17.1 Å². The molecule has 0 atom stereocenters. The zero-order valence-corrected chi connectivity index (χ0v) is 22.4. The fraction of sp³-hybridized carbons (Fsp3) is 0.300. The Balaban J connectivity index is 0.00000186. The first-order chi connectivity index (χ1) is 18.2. The molecule has 3 aromatic heterocycles. The van der Waals surface area contributed by atoms with E-state index in [9.17, 15) is 0 Å². The van der Waals surface area contributed by atoms with Gasteiger partial charge in [-0.2, -0.15) is 0 Å². The van der Waals surface area contributed by atoms with Crippen molar-refractivity contribution in [2.24, 2.45) is 5.73 Å². The van der Waals surface area contributed by atoms with Gasteiger partial charge >= 0.3 is 0 Å². The molecule has 5 N–H and O–H groups in total. The summed E-state index contributed by atoms with van der Waals surface area (Å²) in [5.41, 5.74) is 18.3. The molecule has 7 heteroatoms. The topological polar surface area (TPSA) is 108 Å². The number of hydrogen-bond acceptors (Lipinski definition) is 6. The van der Waals surface area contributed by atoms with Crippen LogP contribution in [0, 0.1) is 0 Å². The molecule has 1 aromatic carbocycles. The zero-order valence-electron chi connectivity index (χ0n) is 22.4. The average Bonchev–Trinajstić information content (AvgIpc) is 3.32. The normalized spacial score (nSPS) is 11.6. The summed E-state index contributed by atoms with van der Waals surface area (Å²) in [4.78, 5) is 14.2. The predicted octanol–water partition coefficient (Wildman–Crippen LogP) is 5.90. The first-order valence-corrected chi connectivity index (χ1v) is 13.1. The van der Waals surface area contributed by atoms with E-state index in [1.807, 2.05) is 58.0 Å². The maximum absolute atomic E-state index is 6.26. The standard InChI is InChI=1S/C28H33N7.C2H6/c1-3-8-21(4-2)24-14-15-25-28(33-24)35(27(34-25)23-9-7-18-32-26(23)30)22-12-10-20(11-13-22)19-31-17-6-5-16-29;1-2/h3-4,7-15,18,31H,5-6,16-17,19,29H2,1-2H3,(H2,30,32);1-2H3/b8-3-,21-4+;. The van der Waals surface area contributed by atoms with E-state index in [2.05, 4.69) is 51.3 Å². The quantitative estimate of drug-likeness (QED) is 0.186. The van der Waals surface area contributed by atoms with E-state index in [0.29, 0.717) is 5.82 Å². The van der Waals surface area contributed by atoms with Gasteiger partial charge in [-0.1, -0.05) is 44.2 Å². The highest BCUT2D eigenvalue weighted by Crippen LogP contribution is 2.31. The molecule has 0 fully saturated rings. The molecule has 7 nitrogen and oxygen atoms in total. The lowest BCUT2D eigenvalue weighted by molar-refractivity contribution is 0.627. The minimum Gasteiger partial charge on any atom is -0.383 e. The number of anilines is 1. The fourth-order valence-electron chi connectivity index (χ4n) is 4.05. The molecule has 0 saturated carbocycles. The minimum atomic E-state index is 0.436. The number of nitrogen functional groups attached to an aromatic ring is 1. The third kappa shape index (κ3) is 6.70. The molecule has 37 heavy (non-hydrogen) atoms. The number of rotatable bonds is 10. The Morgan fingerprint density at radius 2 is 1.78 bits per heavy atom. The SMILES string of the molecule is C/C=C\C(=C/C)c1ccc2nc(-c3cccnc3N)n(-c3ccc(CNCCCCN)cc3)c2n1.CC. The summed E-state index contributed by atoms with van der Waals surface area (Å²) in [6.45, 7) is 10.5. The summed E-state index contributed by atoms with van der Waals surface area (Å²) in [5, 5.41) is 3.48. The summed E-state index contributed by atoms with van der Waals surface area (Å²) in [6.07, 6.45) is 9.95. The summed E-state index contributed by atoms with van der Waals surface area (Å²) in [6, 6.07) is 16.3. The number of unbranched alkanes of at least 4 members (excludes halogenated alkanes) is 1. The van der Waals surface area contributed by atoms with Gasteiger partial charge < -0.3 is 16.8 Å². The first kappa shape index (κ1) is 27.8. The molecule has 0 amide bonds. The number of imidazole rings is 1. The molecule has 4 aromatic rings. The number of nitrogens with two attached hydrogens (primary N) is 2. The van der Waals surface area contributed by atoms with Gasteiger partial charge in [-0.05, 0) is 87.3 Å². The molecule has 3 heterocycles. The summed E-state index contributed by atoms with van der Waals surface area (Å²) < 4.78 is 2.06. The second-order valence-corrected chi connectivity index (χ2v) is 8.33. The summed E-state index contributed by atoms with van der Waals surface area (Å²) >= 11 is 0. The molecule has 0 saturated heterocycles. The largest absolute Gasteiger partial charge is 0.383 e. The van der Waals surface area contributed by atoms with Crippen LogP contribution in [0.2, 0.25) is 0 Å². The maximum atomic E-state index is 6.26. The van der Waals surface area contributed by atoms with Gasteiger partial charge in [0.05, 0.1) is 11.3 Å². The van der Waals surface area contributed by atoms with Gasteiger partial charge in [0.2, 0.25) is 0 Å². The van der Waals surface area contributed by atoms with Crippen molar-refractivity contribution in [3.05, 3.63) is 84.2 Å². The number of nitrogens with one attached hydrogen (secondary N) is 1. The second kappa shape index (κ2) is 14.1. The Hall–Kier alpha value is -3.81. The molecule has 194 valence electrons. The van der Waals surface area contributed by atoms with Gasteiger partial charge in [0.1, 0.15) is 11.3 Å². The lowest BCUT2D eigenvalue weighted by Gasteiger charge is -2.12. The van der Waals surface area contributed by atoms with Gasteiger partial charge in [0, 0.05) is 18.4 Å². The van der Waals surface area contributed by atoms with E-state index >= 15 is 0 Å². The fourth-order valence-corrected chi connectivity index (χ4v) is 4.05. The number of benzene rings is 1. The van der Waals surface area contributed by atoms with Crippen molar-refractivity contribution in [2.45, 2.75) is 47.1 Å². The summed E-state index contributed by atoms with van der Waals surface area (Å²) in [7, 11) is 0. The molecule has 0 radical (unpaired) electrons. The molecule has 0 spiro atoms. The zero-order chi connectivity index (χ0) is 26.6. The molecule has 0 aliphatic heterocycles. The Morgan fingerprint density at radius 3 is 2.46 bits per heavy atom. The molecular formula is C30H39N7. The van der Waals surface area contributed by atoms with Crippen molar-refractivity contribution in [3.63, 3.8) is 0 Å². The summed E-state index contributed by atoms with van der Waals surface area (Å²) in [5.74, 6) is 1.15. The Morgan fingerprint density at radius 1 is 1.00 bits per heavy atom. The highest BCUT2D eigenvalue weighted by atomic mass is 15.1. The highest BCUT2D eigenvalue weighted by Gasteiger charge is 2.18. The number of nitrogens with zero attached hydrogens (tertiary/aromatic N) is 4. The molecule has 4 rings (SSSR count). The Labute approximate surface area is 220 Å². The van der Waals surface area contributed by atoms with Crippen LogP contribution in [0.25, 0.3) is 33.8 Å². The van der Waals surface area contributed by atoms with Crippen LogP contribution >= 0.6 is 0 Å². The van der Waals surface area contributed by atoms with Crippen LogP contribution in [-0.2, 0) is 6.54 Å². The first-order valence-electron chi connectivity index (χ1n) is 13.1. The molecule has 0 unspecified atom stereocenters. The smallest absolute Gasteiger partial charge is 0.165 e. The Bertz CT molecular complexity index is 1330. The molecular weight excluding hydrogens is 458 g/mol. The van der Waals surface area contributed by atoms with Crippen LogP contribution in [0.3, 0.4) is 0 Å². The van der Waals surface area contributed by atoms with Gasteiger partial charge in [0.25, 0.3) is 0 Å². The van der Waals surface area contributed by atoms with Crippen LogP contribution in [0.5, 0.6) is 0 Å². The highest BCUT2D eigenvalue weighted by molar-refractivity contribution is 5.85. The van der Waals surface area contributed by atoms with Crippen LogP contribution in [0.15, 0.2) is 73.0 Å². The predicted molar refractivity (Wildman–Crippen MR) is 156 cm³/mol.